The lowest BCUT2D eigenvalue weighted by Gasteiger charge is -2.22. The summed E-state index contributed by atoms with van der Waals surface area (Å²) in [6.07, 6.45) is 4.38. The van der Waals surface area contributed by atoms with Crippen LogP contribution < -0.4 is 10.5 Å². The second-order valence-corrected chi connectivity index (χ2v) is 4.75. The van der Waals surface area contributed by atoms with Crippen molar-refractivity contribution in [2.75, 3.05) is 6.61 Å². The normalized spacial score (nSPS) is 18.6. The van der Waals surface area contributed by atoms with Crippen LogP contribution in [0.1, 0.15) is 43.4 Å². The Labute approximate surface area is 103 Å². The van der Waals surface area contributed by atoms with Gasteiger partial charge >= 0.3 is 0 Å². The number of rotatable bonds is 4. The molecule has 1 atom stereocenters. The van der Waals surface area contributed by atoms with E-state index in [0.717, 1.165) is 30.6 Å². The second kappa shape index (κ2) is 5.37. The zero-order chi connectivity index (χ0) is 12.3. The van der Waals surface area contributed by atoms with Gasteiger partial charge in [0, 0.05) is 6.04 Å². The average molecular weight is 231 g/mol. The van der Waals surface area contributed by atoms with Crippen LogP contribution in [0.25, 0.3) is 0 Å². The van der Waals surface area contributed by atoms with Crippen molar-refractivity contribution in [1.82, 2.24) is 0 Å². The summed E-state index contributed by atoms with van der Waals surface area (Å²) in [5.74, 6) is 0.913. The third kappa shape index (κ3) is 2.89. The number of aryl methyl sites for hydroxylation is 1. The van der Waals surface area contributed by atoms with Crippen molar-refractivity contribution in [3.05, 3.63) is 41.5 Å². The summed E-state index contributed by atoms with van der Waals surface area (Å²) in [4.78, 5) is 0. The van der Waals surface area contributed by atoms with Crippen LogP contribution >= 0.6 is 0 Å². The van der Waals surface area contributed by atoms with Crippen molar-refractivity contribution in [1.29, 1.82) is 0 Å². The smallest absolute Gasteiger partial charge is 0.120 e. The van der Waals surface area contributed by atoms with Crippen LogP contribution in [0, 0.1) is 0 Å². The topological polar surface area (TPSA) is 35.2 Å². The maximum Gasteiger partial charge on any atom is 0.120 e. The van der Waals surface area contributed by atoms with Crippen LogP contribution in [0.2, 0.25) is 0 Å². The fourth-order valence-corrected chi connectivity index (χ4v) is 2.19. The third-order valence-corrected chi connectivity index (χ3v) is 3.42. The largest absolute Gasteiger partial charge is 0.489 e. The van der Waals surface area contributed by atoms with Crippen molar-refractivity contribution in [2.45, 2.75) is 38.6 Å². The molecule has 17 heavy (non-hydrogen) atoms. The van der Waals surface area contributed by atoms with Gasteiger partial charge in [-0.15, -0.1) is 0 Å². The molecule has 0 heterocycles. The third-order valence-electron chi connectivity index (χ3n) is 3.42. The van der Waals surface area contributed by atoms with E-state index in [1.807, 2.05) is 6.07 Å². The van der Waals surface area contributed by atoms with E-state index in [2.05, 4.69) is 25.6 Å². The Kier molecular flexibility index (Phi) is 3.85. The molecule has 0 bridgehead atoms. The molecule has 0 aliphatic heterocycles. The molecule has 0 amide bonds. The molecule has 1 aliphatic carbocycles. The van der Waals surface area contributed by atoms with Crippen LogP contribution in [0.15, 0.2) is 30.4 Å². The Morgan fingerprint density at radius 1 is 1.53 bits per heavy atom. The van der Waals surface area contributed by atoms with Crippen molar-refractivity contribution >= 4 is 0 Å². The molecule has 2 nitrogen and oxygen atoms in total. The van der Waals surface area contributed by atoms with Gasteiger partial charge in [0.2, 0.25) is 0 Å². The molecule has 0 saturated carbocycles. The molecular weight excluding hydrogens is 210 g/mol. The zero-order valence-electron chi connectivity index (χ0n) is 10.5. The van der Waals surface area contributed by atoms with E-state index in [1.165, 1.54) is 17.5 Å². The highest BCUT2D eigenvalue weighted by Crippen LogP contribution is 2.30. The number of benzene rings is 1. The van der Waals surface area contributed by atoms with E-state index in [0.29, 0.717) is 6.61 Å². The number of hydrogen-bond donors (Lipinski definition) is 1. The second-order valence-electron chi connectivity index (χ2n) is 4.75. The van der Waals surface area contributed by atoms with E-state index in [9.17, 15) is 0 Å². The molecule has 1 aromatic rings. The van der Waals surface area contributed by atoms with Gasteiger partial charge in [0.05, 0.1) is 0 Å². The average Bonchev–Trinajstić information content (AvgIpc) is 2.36. The van der Waals surface area contributed by atoms with Crippen molar-refractivity contribution in [3.63, 3.8) is 0 Å². The summed E-state index contributed by atoms with van der Waals surface area (Å²) in [7, 11) is 0. The molecule has 2 N–H and O–H groups in total. The summed E-state index contributed by atoms with van der Waals surface area (Å²) in [6.45, 7) is 6.63. The number of fused-ring (bicyclic) bond motifs is 1. The van der Waals surface area contributed by atoms with E-state index >= 15 is 0 Å². The first-order valence-electron chi connectivity index (χ1n) is 6.38. The van der Waals surface area contributed by atoms with Crippen LogP contribution in [0.3, 0.4) is 0 Å². The lowest BCUT2D eigenvalue weighted by molar-refractivity contribution is 0.348. The van der Waals surface area contributed by atoms with Gasteiger partial charge in [-0.3, -0.25) is 0 Å². The number of ether oxygens (including phenoxy) is 1. The predicted molar refractivity (Wildman–Crippen MR) is 71.2 cm³/mol. The van der Waals surface area contributed by atoms with Gasteiger partial charge in [-0.05, 0) is 54.5 Å². The molecule has 0 spiro atoms. The molecule has 92 valence electrons. The van der Waals surface area contributed by atoms with E-state index in [-0.39, 0.29) is 6.04 Å². The fraction of sp³-hybridized carbons (Fsp3) is 0.467. The number of hydrogen-bond acceptors (Lipinski definition) is 2. The highest BCUT2D eigenvalue weighted by atomic mass is 16.5. The molecule has 0 radical (unpaired) electrons. The fourth-order valence-electron chi connectivity index (χ4n) is 2.19. The Bertz CT molecular complexity index is 411. The Hall–Kier alpha value is -1.28. The van der Waals surface area contributed by atoms with E-state index < -0.39 is 0 Å². The van der Waals surface area contributed by atoms with Gasteiger partial charge in [0.1, 0.15) is 12.4 Å². The van der Waals surface area contributed by atoms with Gasteiger partial charge in [-0.1, -0.05) is 19.6 Å². The van der Waals surface area contributed by atoms with Gasteiger partial charge < -0.3 is 10.5 Å². The van der Waals surface area contributed by atoms with Crippen LogP contribution in [0.4, 0.5) is 0 Å². The lowest BCUT2D eigenvalue weighted by Crippen LogP contribution is -2.17. The minimum atomic E-state index is 0.177. The predicted octanol–water partition coefficient (Wildman–Crippen LogP) is 3.37. The summed E-state index contributed by atoms with van der Waals surface area (Å²) >= 11 is 0. The molecule has 0 aromatic heterocycles. The molecule has 2 heteroatoms. The molecular formula is C15H21NO. The van der Waals surface area contributed by atoms with E-state index in [4.69, 9.17) is 10.5 Å². The van der Waals surface area contributed by atoms with Gasteiger partial charge in [0.15, 0.2) is 0 Å². The standard InChI is InChI=1S/C15H21NO/c1-3-11(2)10-17-13-8-7-12-5-4-6-15(16)14(12)9-13/h7-9,15H,2-6,10,16H2,1H3/t15-/m1/s1. The summed E-state index contributed by atoms with van der Waals surface area (Å²) < 4.78 is 5.72. The van der Waals surface area contributed by atoms with Gasteiger partial charge in [0.25, 0.3) is 0 Å². The van der Waals surface area contributed by atoms with Gasteiger partial charge in [-0.25, -0.2) is 0 Å². The van der Waals surface area contributed by atoms with Crippen molar-refractivity contribution in [3.8, 4) is 5.75 Å². The Balaban J connectivity index is 2.10. The SMILES string of the molecule is C=C(CC)COc1ccc2c(c1)[C@H](N)CCC2. The number of nitrogens with two attached hydrogens (primary N) is 1. The zero-order valence-corrected chi connectivity index (χ0v) is 10.5. The molecule has 0 fully saturated rings. The summed E-state index contributed by atoms with van der Waals surface area (Å²) in [5, 5.41) is 0. The van der Waals surface area contributed by atoms with E-state index in [1.54, 1.807) is 0 Å². The Morgan fingerprint density at radius 2 is 2.35 bits per heavy atom. The van der Waals surface area contributed by atoms with Gasteiger partial charge in [-0.2, -0.15) is 0 Å². The molecule has 2 rings (SSSR count). The van der Waals surface area contributed by atoms with Crippen LogP contribution in [0.5, 0.6) is 5.75 Å². The van der Waals surface area contributed by atoms with Crippen LogP contribution in [-0.4, -0.2) is 6.61 Å². The quantitative estimate of drug-likeness (QED) is 0.806. The minimum Gasteiger partial charge on any atom is -0.489 e. The first-order valence-corrected chi connectivity index (χ1v) is 6.38. The van der Waals surface area contributed by atoms with Crippen molar-refractivity contribution < 1.29 is 4.74 Å². The highest BCUT2D eigenvalue weighted by Gasteiger charge is 2.17. The maximum absolute atomic E-state index is 6.12. The highest BCUT2D eigenvalue weighted by molar-refractivity contribution is 5.39. The van der Waals surface area contributed by atoms with Crippen LogP contribution in [-0.2, 0) is 6.42 Å². The maximum atomic E-state index is 6.12. The lowest BCUT2D eigenvalue weighted by atomic mass is 9.88. The first kappa shape index (κ1) is 12.2. The first-order chi connectivity index (χ1) is 8.20. The molecule has 1 aliphatic rings. The monoisotopic (exact) mass is 231 g/mol. The molecule has 0 saturated heterocycles. The molecule has 1 aromatic carbocycles. The minimum absolute atomic E-state index is 0.177. The summed E-state index contributed by atoms with van der Waals surface area (Å²) in [5.41, 5.74) is 9.88. The van der Waals surface area contributed by atoms with Crippen molar-refractivity contribution in [2.24, 2.45) is 5.73 Å². The Morgan fingerprint density at radius 3 is 3.12 bits per heavy atom. The molecule has 0 unspecified atom stereocenters. The summed E-state index contributed by atoms with van der Waals surface area (Å²) in [6, 6.07) is 6.47.